The van der Waals surface area contributed by atoms with Gasteiger partial charge in [0.2, 0.25) is 0 Å². The van der Waals surface area contributed by atoms with Gasteiger partial charge in [0.15, 0.2) is 5.82 Å². The summed E-state index contributed by atoms with van der Waals surface area (Å²) in [6.07, 6.45) is 1.66. The van der Waals surface area contributed by atoms with Crippen molar-refractivity contribution in [3.05, 3.63) is 95.8 Å². The van der Waals surface area contributed by atoms with Crippen LogP contribution in [0.15, 0.2) is 78.0 Å². The summed E-state index contributed by atoms with van der Waals surface area (Å²) in [6, 6.07) is 18.2. The summed E-state index contributed by atoms with van der Waals surface area (Å²) >= 11 is 0. The Balaban J connectivity index is 1.98. The van der Waals surface area contributed by atoms with E-state index >= 15 is 0 Å². The van der Waals surface area contributed by atoms with Crippen molar-refractivity contribution in [3.8, 4) is 0 Å². The Morgan fingerprint density at radius 2 is 1.70 bits per heavy atom. The van der Waals surface area contributed by atoms with Crippen molar-refractivity contribution >= 4 is 11.4 Å². The molecule has 3 aromatic rings. The van der Waals surface area contributed by atoms with Crippen LogP contribution in [-0.2, 0) is 0 Å². The number of halogens is 2. The Kier molecular flexibility index (Phi) is 4.38. The topological polar surface area (TPSA) is 37.3 Å². The lowest BCUT2D eigenvalue weighted by Crippen LogP contribution is -2.08. The molecule has 0 aliphatic rings. The van der Waals surface area contributed by atoms with Crippen molar-refractivity contribution < 1.29 is 8.78 Å². The Labute approximate surface area is 132 Å². The summed E-state index contributed by atoms with van der Waals surface area (Å²) in [6.45, 7) is 0. The fourth-order valence-corrected chi connectivity index (χ4v) is 2.06. The van der Waals surface area contributed by atoms with Crippen molar-refractivity contribution in [1.82, 2.24) is 4.98 Å². The summed E-state index contributed by atoms with van der Waals surface area (Å²) < 4.78 is 26.7. The first kappa shape index (κ1) is 14.8. The van der Waals surface area contributed by atoms with Crippen LogP contribution in [0, 0.1) is 11.6 Å². The zero-order valence-corrected chi connectivity index (χ0v) is 12.1. The third kappa shape index (κ3) is 3.58. The van der Waals surface area contributed by atoms with Gasteiger partial charge in [-0.2, -0.15) is 5.10 Å². The van der Waals surface area contributed by atoms with Gasteiger partial charge in [-0.05, 0) is 24.3 Å². The van der Waals surface area contributed by atoms with Gasteiger partial charge in [0.1, 0.15) is 11.5 Å². The first-order chi connectivity index (χ1) is 11.2. The summed E-state index contributed by atoms with van der Waals surface area (Å²) in [4.78, 5) is 4.28. The van der Waals surface area contributed by atoms with Gasteiger partial charge in [-0.15, -0.1) is 0 Å². The van der Waals surface area contributed by atoms with Crippen molar-refractivity contribution in [2.75, 3.05) is 5.43 Å². The van der Waals surface area contributed by atoms with Crippen LogP contribution in [0.25, 0.3) is 0 Å². The highest BCUT2D eigenvalue weighted by molar-refractivity contribution is 6.11. The molecule has 3 rings (SSSR count). The maximum absolute atomic E-state index is 13.7. The van der Waals surface area contributed by atoms with Crippen LogP contribution in [0.3, 0.4) is 0 Å². The minimum Gasteiger partial charge on any atom is -0.275 e. The average Bonchev–Trinajstić information content (AvgIpc) is 2.59. The molecule has 5 heteroatoms. The largest absolute Gasteiger partial charge is 0.275 e. The number of hydrogen-bond acceptors (Lipinski definition) is 3. The molecule has 1 heterocycles. The van der Waals surface area contributed by atoms with Crippen LogP contribution < -0.4 is 5.43 Å². The highest BCUT2D eigenvalue weighted by atomic mass is 19.1. The number of hydrazone groups is 1. The zero-order chi connectivity index (χ0) is 16.1. The molecular formula is C18H13F2N3. The third-order valence-electron chi connectivity index (χ3n) is 3.17. The molecule has 1 aromatic heterocycles. The van der Waals surface area contributed by atoms with Crippen molar-refractivity contribution in [3.63, 3.8) is 0 Å². The number of rotatable bonds is 4. The average molecular weight is 309 g/mol. The molecule has 0 aliphatic heterocycles. The molecule has 0 fully saturated rings. The zero-order valence-electron chi connectivity index (χ0n) is 12.1. The van der Waals surface area contributed by atoms with Crippen LogP contribution in [0.1, 0.15) is 11.3 Å². The predicted molar refractivity (Wildman–Crippen MR) is 86.3 cm³/mol. The van der Waals surface area contributed by atoms with Crippen molar-refractivity contribution in [2.24, 2.45) is 5.10 Å². The lowest BCUT2D eigenvalue weighted by atomic mass is 10.1. The number of hydrogen-bond donors (Lipinski definition) is 1. The van der Waals surface area contributed by atoms with E-state index in [9.17, 15) is 8.78 Å². The Morgan fingerprint density at radius 1 is 0.913 bits per heavy atom. The van der Waals surface area contributed by atoms with Crippen LogP contribution >= 0.6 is 0 Å². The lowest BCUT2D eigenvalue weighted by Gasteiger charge is -2.08. The number of pyridine rings is 1. The Bertz CT molecular complexity index is 777. The van der Waals surface area contributed by atoms with Crippen LogP contribution in [-0.4, -0.2) is 10.7 Å². The number of benzene rings is 2. The van der Waals surface area contributed by atoms with E-state index in [2.05, 4.69) is 15.5 Å². The second kappa shape index (κ2) is 6.79. The van der Waals surface area contributed by atoms with Gasteiger partial charge in [0, 0.05) is 17.8 Å². The molecule has 1 N–H and O–H groups in total. The second-order valence-electron chi connectivity index (χ2n) is 4.78. The Hall–Kier alpha value is -3.08. The number of aromatic nitrogens is 1. The van der Waals surface area contributed by atoms with Crippen LogP contribution in [0.4, 0.5) is 14.5 Å². The molecule has 3 nitrogen and oxygen atoms in total. The molecule has 0 saturated heterocycles. The maximum atomic E-state index is 13.7. The summed E-state index contributed by atoms with van der Waals surface area (Å²) in [5.74, 6) is -1.34. The predicted octanol–water partition coefficient (Wildman–Crippen LogP) is 4.22. The van der Waals surface area contributed by atoms with Gasteiger partial charge in [-0.25, -0.2) is 8.78 Å². The quantitative estimate of drug-likeness (QED) is 0.578. The maximum Gasteiger partial charge on any atom is 0.151 e. The van der Waals surface area contributed by atoms with Crippen LogP contribution in [0.5, 0.6) is 0 Å². The van der Waals surface area contributed by atoms with Gasteiger partial charge >= 0.3 is 0 Å². The minimum absolute atomic E-state index is 0.0933. The van der Waals surface area contributed by atoms with E-state index in [-0.39, 0.29) is 5.69 Å². The first-order valence-corrected chi connectivity index (χ1v) is 6.99. The summed E-state index contributed by atoms with van der Waals surface area (Å²) in [5, 5.41) is 4.27. The number of nitrogens with one attached hydrogen (secondary N) is 1. The van der Waals surface area contributed by atoms with Crippen molar-refractivity contribution in [2.45, 2.75) is 0 Å². The smallest absolute Gasteiger partial charge is 0.151 e. The molecule has 0 spiro atoms. The van der Waals surface area contributed by atoms with E-state index in [1.54, 1.807) is 12.3 Å². The van der Waals surface area contributed by atoms with E-state index in [0.717, 1.165) is 11.6 Å². The molecule has 0 amide bonds. The van der Waals surface area contributed by atoms with E-state index in [1.165, 1.54) is 12.1 Å². The molecule has 0 atom stereocenters. The molecule has 0 unspecified atom stereocenters. The van der Waals surface area contributed by atoms with Crippen molar-refractivity contribution in [1.29, 1.82) is 0 Å². The molecule has 0 radical (unpaired) electrons. The monoisotopic (exact) mass is 309 g/mol. The summed E-state index contributed by atoms with van der Waals surface area (Å²) in [7, 11) is 0. The standard InChI is InChI=1S/C18H13F2N3/c19-14-9-10-16(15(20)12-14)22-23-18(13-6-2-1-3-7-13)17-8-4-5-11-21-17/h1-12,22H/b23-18+. The normalized spacial score (nSPS) is 11.3. The SMILES string of the molecule is Fc1ccc(N/N=C(\c2ccccc2)c2ccccn2)c(F)c1. The van der Waals surface area contributed by atoms with E-state index < -0.39 is 11.6 Å². The molecule has 114 valence electrons. The Morgan fingerprint density at radius 3 is 2.39 bits per heavy atom. The molecule has 0 aliphatic carbocycles. The second-order valence-corrected chi connectivity index (χ2v) is 4.78. The van der Waals surface area contributed by atoms with E-state index in [1.807, 2.05) is 42.5 Å². The molecular weight excluding hydrogens is 296 g/mol. The highest BCUT2D eigenvalue weighted by Gasteiger charge is 2.09. The lowest BCUT2D eigenvalue weighted by molar-refractivity contribution is 0.585. The van der Waals surface area contributed by atoms with Gasteiger partial charge in [-0.1, -0.05) is 36.4 Å². The van der Waals surface area contributed by atoms with Gasteiger partial charge in [0.25, 0.3) is 0 Å². The van der Waals surface area contributed by atoms with Gasteiger partial charge in [0.05, 0.1) is 11.4 Å². The van der Waals surface area contributed by atoms with E-state index in [4.69, 9.17) is 0 Å². The minimum atomic E-state index is -0.706. The third-order valence-corrected chi connectivity index (χ3v) is 3.17. The molecule has 2 aromatic carbocycles. The summed E-state index contributed by atoms with van der Waals surface area (Å²) in [5.41, 5.74) is 4.78. The van der Waals surface area contributed by atoms with Gasteiger partial charge < -0.3 is 0 Å². The molecule has 0 bridgehead atoms. The number of nitrogens with zero attached hydrogens (tertiary/aromatic N) is 2. The first-order valence-electron chi connectivity index (χ1n) is 6.99. The van der Waals surface area contributed by atoms with Crippen LogP contribution in [0.2, 0.25) is 0 Å². The fraction of sp³-hybridized carbons (Fsp3) is 0. The van der Waals surface area contributed by atoms with Gasteiger partial charge in [-0.3, -0.25) is 10.4 Å². The number of anilines is 1. The molecule has 23 heavy (non-hydrogen) atoms. The van der Waals surface area contributed by atoms with E-state index in [0.29, 0.717) is 11.4 Å². The molecule has 0 saturated carbocycles. The fourth-order valence-electron chi connectivity index (χ4n) is 2.06. The highest BCUT2D eigenvalue weighted by Crippen LogP contribution is 2.16.